The van der Waals surface area contributed by atoms with E-state index in [9.17, 15) is 9.90 Å². The zero-order valence-corrected chi connectivity index (χ0v) is 27.2. The molecule has 0 amide bonds. The lowest BCUT2D eigenvalue weighted by atomic mass is 9.98. The number of aliphatic hydroxyl groups excluding tert-OH is 1. The van der Waals surface area contributed by atoms with Crippen molar-refractivity contribution >= 4 is 31.0 Å². The zero-order valence-electron chi connectivity index (χ0n) is 26.2. The fourth-order valence-corrected chi connectivity index (χ4v) is 5.88. The van der Waals surface area contributed by atoms with Gasteiger partial charge in [0.25, 0.3) is 0 Å². The second-order valence-electron chi connectivity index (χ2n) is 12.2. The van der Waals surface area contributed by atoms with Gasteiger partial charge in [-0.25, -0.2) is 9.97 Å². The summed E-state index contributed by atoms with van der Waals surface area (Å²) in [5.41, 5.74) is 2.87. The maximum Gasteiger partial charge on any atom is 0.228 e. The van der Waals surface area contributed by atoms with Gasteiger partial charge >= 0.3 is 0 Å². The summed E-state index contributed by atoms with van der Waals surface area (Å²) in [6.07, 6.45) is 3.91. The number of nitrogens with zero attached hydrogens (tertiary/aromatic N) is 6. The summed E-state index contributed by atoms with van der Waals surface area (Å²) in [6.45, 7) is 11.6. The van der Waals surface area contributed by atoms with E-state index in [2.05, 4.69) is 51.0 Å². The van der Waals surface area contributed by atoms with Crippen molar-refractivity contribution in [3.63, 3.8) is 0 Å². The molecule has 0 radical (unpaired) electrons. The molecule has 2 N–H and O–H groups in total. The molecule has 0 bridgehead atoms. The van der Waals surface area contributed by atoms with Crippen LogP contribution >= 0.6 is 13.5 Å². The van der Waals surface area contributed by atoms with Crippen LogP contribution in [0.4, 0.5) is 11.8 Å². The average Bonchev–Trinajstić information content (AvgIpc) is 3.54. The number of nitrogens with one attached hydrogen (secondary N) is 1. The molecule has 0 unspecified atom stereocenters. The van der Waals surface area contributed by atoms with Crippen LogP contribution in [0.15, 0.2) is 41.3 Å². The van der Waals surface area contributed by atoms with Gasteiger partial charge in [0, 0.05) is 64.3 Å². The van der Waals surface area contributed by atoms with E-state index in [1.165, 1.54) is 17.5 Å². The van der Waals surface area contributed by atoms with Gasteiger partial charge in [-0.3, -0.25) is 14.6 Å². The van der Waals surface area contributed by atoms with Gasteiger partial charge in [-0.15, -0.1) is 0 Å². The van der Waals surface area contributed by atoms with E-state index in [0.717, 1.165) is 51.4 Å². The molecule has 5 heterocycles. The fraction of sp³-hybridized carbons (Fsp3) is 0.562. The summed E-state index contributed by atoms with van der Waals surface area (Å²) in [5, 5.41) is 14.3. The number of aromatic nitrogens is 3. The van der Waals surface area contributed by atoms with Crippen LogP contribution in [0.3, 0.4) is 0 Å². The van der Waals surface area contributed by atoms with Crippen LogP contribution in [0.2, 0.25) is 0 Å². The molecule has 0 saturated carbocycles. The summed E-state index contributed by atoms with van der Waals surface area (Å²) in [4.78, 5) is 33.6. The Morgan fingerprint density at radius 1 is 1.11 bits per heavy atom. The lowest BCUT2D eigenvalue weighted by Crippen LogP contribution is -2.49. The smallest absolute Gasteiger partial charge is 0.228 e. The molecule has 2 saturated heterocycles. The van der Waals surface area contributed by atoms with Crippen LogP contribution in [0.25, 0.3) is 0 Å². The molecule has 244 valence electrons. The van der Waals surface area contributed by atoms with Gasteiger partial charge in [0.05, 0.1) is 31.6 Å². The average molecular weight is 640 g/mol. The summed E-state index contributed by atoms with van der Waals surface area (Å²) >= 11 is 0. The third-order valence-corrected chi connectivity index (χ3v) is 8.62. The van der Waals surface area contributed by atoms with Crippen molar-refractivity contribution in [1.29, 1.82) is 0 Å². The highest BCUT2D eigenvalue weighted by Crippen LogP contribution is 2.25. The van der Waals surface area contributed by atoms with Crippen molar-refractivity contribution in [3.8, 4) is 5.75 Å². The van der Waals surface area contributed by atoms with Crippen molar-refractivity contribution in [2.24, 2.45) is 0 Å². The third-order valence-electron chi connectivity index (χ3n) is 8.62. The molecule has 3 aliphatic rings. The molecule has 1 atom stereocenters. The number of β-amino-alcohol motifs (C(OH)–C–C–N with tert-alkyl or cyclic N) is 1. The summed E-state index contributed by atoms with van der Waals surface area (Å²) < 4.78 is 16.4. The number of hydrogen-bond donors (Lipinski definition) is 2. The van der Waals surface area contributed by atoms with Crippen LogP contribution in [-0.4, -0.2) is 106 Å². The predicted molar refractivity (Wildman–Crippen MR) is 175 cm³/mol. The number of benzene rings is 1. The van der Waals surface area contributed by atoms with E-state index in [4.69, 9.17) is 23.9 Å². The number of carbonyl (C=O) groups excluding carboxylic acids is 1. The van der Waals surface area contributed by atoms with Crippen molar-refractivity contribution in [2.45, 2.75) is 64.4 Å². The van der Waals surface area contributed by atoms with Crippen molar-refractivity contribution in [1.82, 2.24) is 24.8 Å². The number of fused-ring (bicyclic) bond motifs is 1. The van der Waals surface area contributed by atoms with Gasteiger partial charge in [-0.2, -0.15) is 18.5 Å². The van der Waals surface area contributed by atoms with Gasteiger partial charge < -0.3 is 29.2 Å². The largest absolute Gasteiger partial charge is 0.486 e. The highest BCUT2D eigenvalue weighted by Gasteiger charge is 2.25. The minimum Gasteiger partial charge on any atom is -0.486 e. The van der Waals surface area contributed by atoms with Gasteiger partial charge in [0.2, 0.25) is 5.95 Å². The van der Waals surface area contributed by atoms with E-state index in [1.807, 2.05) is 6.07 Å². The lowest BCUT2D eigenvalue weighted by Gasteiger charge is -2.37. The molecule has 12 nitrogen and oxygen atoms in total. The van der Waals surface area contributed by atoms with Crippen LogP contribution in [0.5, 0.6) is 5.75 Å². The van der Waals surface area contributed by atoms with Gasteiger partial charge in [0.1, 0.15) is 23.9 Å². The van der Waals surface area contributed by atoms with Gasteiger partial charge in [-0.1, -0.05) is 6.07 Å². The SMILES string of the molecule is CC(C)N1CCN(c2nc(NC3COC3)cc(C(=O)CC[C@H](O)CN3CCc4cc(OCc5cnco5)ccc4C3)n2)CC1.S. The van der Waals surface area contributed by atoms with Crippen LogP contribution < -0.4 is 15.0 Å². The second kappa shape index (κ2) is 15.4. The number of ketones is 1. The number of hydrogen-bond acceptors (Lipinski definition) is 12. The Morgan fingerprint density at radius 3 is 2.64 bits per heavy atom. The van der Waals surface area contributed by atoms with Crippen LogP contribution in [0.1, 0.15) is 54.1 Å². The monoisotopic (exact) mass is 639 g/mol. The normalized spacial score (nSPS) is 18.2. The number of carbonyl (C=O) groups is 1. The first-order valence-electron chi connectivity index (χ1n) is 15.7. The van der Waals surface area contributed by atoms with E-state index in [0.29, 0.717) is 62.0 Å². The zero-order chi connectivity index (χ0) is 30.5. The molecule has 0 aliphatic carbocycles. The first-order chi connectivity index (χ1) is 21.4. The molecule has 2 fully saturated rings. The third kappa shape index (κ3) is 8.73. The maximum absolute atomic E-state index is 13.3. The Balaban J connectivity index is 0.00000400. The fourth-order valence-electron chi connectivity index (χ4n) is 5.88. The summed E-state index contributed by atoms with van der Waals surface area (Å²) in [7, 11) is 0. The number of anilines is 2. The Kier molecular flexibility index (Phi) is 11.3. The standard InChI is InChI=1S/C32H43N7O5.H2S/c1-22(2)38-9-11-39(12-10-38)32-35-29(14-31(36-32)34-25-18-42-19-25)30(41)6-4-26(40)17-37-8-7-23-13-27(5-3-24(23)16-37)43-20-28-15-33-21-44-28;/h3,5,13-15,21-22,25-26,40H,4,6-12,16-20H2,1-2H3,(H,34,35,36);1H2/t26-;/m0./s1. The first kappa shape index (κ1) is 33.1. The van der Waals surface area contributed by atoms with Gasteiger partial charge in [0.15, 0.2) is 17.9 Å². The number of aliphatic hydroxyl groups is 1. The topological polar surface area (TPSA) is 129 Å². The highest BCUT2D eigenvalue weighted by molar-refractivity contribution is 7.59. The molecule has 3 aromatic rings. The van der Waals surface area contributed by atoms with Crippen LogP contribution in [-0.2, 0) is 24.3 Å². The van der Waals surface area contributed by atoms with Gasteiger partial charge in [-0.05, 0) is 49.9 Å². The molecule has 45 heavy (non-hydrogen) atoms. The minimum atomic E-state index is -0.611. The molecular weight excluding hydrogens is 594 g/mol. The highest BCUT2D eigenvalue weighted by atomic mass is 32.1. The molecule has 6 rings (SSSR count). The molecular formula is C32H45N7O5S. The number of ether oxygens (including phenoxy) is 2. The summed E-state index contributed by atoms with van der Waals surface area (Å²) in [5.74, 6) is 2.64. The molecule has 3 aliphatic heterocycles. The van der Waals surface area contributed by atoms with E-state index in [-0.39, 0.29) is 31.7 Å². The van der Waals surface area contributed by atoms with E-state index < -0.39 is 6.10 Å². The van der Waals surface area contributed by atoms with Crippen molar-refractivity contribution in [2.75, 3.05) is 62.7 Å². The number of oxazole rings is 1. The lowest BCUT2D eigenvalue weighted by molar-refractivity contribution is 0.0209. The first-order valence-corrected chi connectivity index (χ1v) is 15.7. The Bertz CT molecular complexity index is 1400. The quantitative estimate of drug-likeness (QED) is 0.267. The summed E-state index contributed by atoms with van der Waals surface area (Å²) in [6, 6.07) is 8.56. The molecule has 13 heteroatoms. The second-order valence-corrected chi connectivity index (χ2v) is 12.2. The van der Waals surface area contributed by atoms with Crippen molar-refractivity contribution < 1.29 is 23.8 Å². The Labute approximate surface area is 271 Å². The number of piperazine rings is 1. The molecule has 0 spiro atoms. The minimum absolute atomic E-state index is 0. The molecule has 2 aromatic heterocycles. The number of rotatable bonds is 13. The Morgan fingerprint density at radius 2 is 1.93 bits per heavy atom. The number of Topliss-reactive ketones (excluding diaryl/α,β-unsaturated/α-hetero) is 1. The molecule has 1 aromatic carbocycles. The maximum atomic E-state index is 13.3. The van der Waals surface area contributed by atoms with Crippen molar-refractivity contribution in [3.05, 3.63) is 59.4 Å². The predicted octanol–water partition coefficient (Wildman–Crippen LogP) is 2.88. The van der Waals surface area contributed by atoms with E-state index in [1.54, 1.807) is 12.3 Å². The van der Waals surface area contributed by atoms with E-state index >= 15 is 0 Å². The Hall–Kier alpha value is -3.23. The van der Waals surface area contributed by atoms with Crippen LogP contribution in [0, 0.1) is 0 Å².